The maximum Gasteiger partial charge on any atom is 0.0675 e. The van der Waals surface area contributed by atoms with Crippen molar-refractivity contribution in [1.82, 2.24) is 15.1 Å². The summed E-state index contributed by atoms with van der Waals surface area (Å²) in [6.07, 6.45) is 10.1. The van der Waals surface area contributed by atoms with Gasteiger partial charge < -0.3 is 5.32 Å². The second kappa shape index (κ2) is 7.09. The standard InChI is InChI=1S/C16H29N3/c1-4-13-12-14(5-2)19(18-13)16-11-9-7-6-8-10-15(16)17-3/h12,15-17H,4-11H2,1-3H3. The van der Waals surface area contributed by atoms with Crippen LogP contribution in [0, 0.1) is 0 Å². The lowest BCUT2D eigenvalue weighted by molar-refractivity contribution is 0.271. The van der Waals surface area contributed by atoms with Crippen LogP contribution in [0.25, 0.3) is 0 Å². The molecule has 2 unspecified atom stereocenters. The lowest BCUT2D eigenvalue weighted by Gasteiger charge is -2.30. The number of hydrogen-bond donors (Lipinski definition) is 1. The average Bonchev–Trinajstić information content (AvgIpc) is 2.82. The minimum Gasteiger partial charge on any atom is -0.315 e. The highest BCUT2D eigenvalue weighted by molar-refractivity contribution is 5.12. The van der Waals surface area contributed by atoms with Crippen molar-refractivity contribution in [2.75, 3.05) is 7.05 Å². The summed E-state index contributed by atoms with van der Waals surface area (Å²) in [5.74, 6) is 0. The molecule has 1 aliphatic carbocycles. The molecule has 108 valence electrons. The van der Waals surface area contributed by atoms with Gasteiger partial charge in [-0.2, -0.15) is 5.10 Å². The zero-order chi connectivity index (χ0) is 13.7. The fraction of sp³-hybridized carbons (Fsp3) is 0.812. The summed E-state index contributed by atoms with van der Waals surface area (Å²) in [5.41, 5.74) is 2.65. The van der Waals surface area contributed by atoms with Gasteiger partial charge in [-0.25, -0.2) is 0 Å². The van der Waals surface area contributed by atoms with Gasteiger partial charge in [0.2, 0.25) is 0 Å². The first-order valence-corrected chi connectivity index (χ1v) is 8.04. The number of likely N-dealkylation sites (N-methyl/N-ethyl adjacent to an activating group) is 1. The molecular formula is C16H29N3. The molecule has 19 heavy (non-hydrogen) atoms. The Morgan fingerprint density at radius 2 is 1.89 bits per heavy atom. The van der Waals surface area contributed by atoms with E-state index in [1.54, 1.807) is 0 Å². The molecule has 0 bridgehead atoms. The van der Waals surface area contributed by atoms with Crippen molar-refractivity contribution in [3.05, 3.63) is 17.5 Å². The Morgan fingerprint density at radius 3 is 2.53 bits per heavy atom. The third kappa shape index (κ3) is 3.38. The second-order valence-corrected chi connectivity index (χ2v) is 5.73. The molecule has 1 N–H and O–H groups in total. The predicted octanol–water partition coefficient (Wildman–Crippen LogP) is 3.49. The summed E-state index contributed by atoms with van der Waals surface area (Å²) >= 11 is 0. The van der Waals surface area contributed by atoms with Crippen molar-refractivity contribution in [1.29, 1.82) is 0 Å². The monoisotopic (exact) mass is 263 g/mol. The molecule has 3 heteroatoms. The summed E-state index contributed by atoms with van der Waals surface area (Å²) in [4.78, 5) is 0. The molecule has 3 nitrogen and oxygen atoms in total. The molecule has 0 amide bonds. The maximum atomic E-state index is 4.87. The van der Waals surface area contributed by atoms with Gasteiger partial charge >= 0.3 is 0 Å². The Kier molecular flexibility index (Phi) is 5.44. The van der Waals surface area contributed by atoms with E-state index in [1.165, 1.54) is 49.9 Å². The van der Waals surface area contributed by atoms with Crippen molar-refractivity contribution in [3.8, 4) is 0 Å². The largest absolute Gasteiger partial charge is 0.315 e. The van der Waals surface area contributed by atoms with E-state index in [-0.39, 0.29) is 0 Å². The third-order valence-corrected chi connectivity index (χ3v) is 4.50. The minimum atomic E-state index is 0.542. The second-order valence-electron chi connectivity index (χ2n) is 5.73. The van der Waals surface area contributed by atoms with Gasteiger partial charge in [-0.05, 0) is 38.8 Å². The first-order valence-electron chi connectivity index (χ1n) is 8.04. The molecule has 1 fully saturated rings. The molecule has 2 atom stereocenters. The van der Waals surface area contributed by atoms with Crippen molar-refractivity contribution in [2.45, 2.75) is 77.3 Å². The van der Waals surface area contributed by atoms with Crippen LogP contribution in [-0.4, -0.2) is 22.9 Å². The van der Waals surface area contributed by atoms with Gasteiger partial charge in [0.25, 0.3) is 0 Å². The van der Waals surface area contributed by atoms with Gasteiger partial charge in [-0.15, -0.1) is 0 Å². The van der Waals surface area contributed by atoms with E-state index >= 15 is 0 Å². The van der Waals surface area contributed by atoms with Crippen LogP contribution in [0.3, 0.4) is 0 Å². The zero-order valence-electron chi connectivity index (χ0n) is 12.8. The summed E-state index contributed by atoms with van der Waals surface area (Å²) in [6.45, 7) is 4.43. The number of hydrogen-bond acceptors (Lipinski definition) is 2. The Morgan fingerprint density at radius 1 is 1.16 bits per heavy atom. The fourth-order valence-corrected chi connectivity index (χ4v) is 3.31. The smallest absolute Gasteiger partial charge is 0.0675 e. The number of nitrogens with zero attached hydrogens (tertiary/aromatic N) is 2. The highest BCUT2D eigenvalue weighted by Crippen LogP contribution is 2.28. The lowest BCUT2D eigenvalue weighted by Crippen LogP contribution is -2.37. The van der Waals surface area contributed by atoms with Crippen LogP contribution < -0.4 is 5.32 Å². The molecule has 1 heterocycles. The quantitative estimate of drug-likeness (QED) is 0.901. The van der Waals surface area contributed by atoms with Gasteiger partial charge in [0.1, 0.15) is 0 Å². The van der Waals surface area contributed by atoms with Crippen LogP contribution in [0.5, 0.6) is 0 Å². The highest BCUT2D eigenvalue weighted by Gasteiger charge is 2.25. The summed E-state index contributed by atoms with van der Waals surface area (Å²) in [5, 5.41) is 8.41. The van der Waals surface area contributed by atoms with Crippen LogP contribution in [0.4, 0.5) is 0 Å². The first kappa shape index (κ1) is 14.6. The Balaban J connectivity index is 2.26. The van der Waals surface area contributed by atoms with Gasteiger partial charge in [-0.3, -0.25) is 4.68 Å². The average molecular weight is 263 g/mol. The van der Waals surface area contributed by atoms with E-state index in [2.05, 4.69) is 37.0 Å². The SMILES string of the molecule is CCc1cc(CC)n(C2CCCCCCC2NC)n1. The molecule has 0 aromatic carbocycles. The van der Waals surface area contributed by atoms with E-state index in [0.717, 1.165) is 12.8 Å². The molecule has 0 spiro atoms. The maximum absolute atomic E-state index is 4.87. The van der Waals surface area contributed by atoms with E-state index in [1.807, 2.05) is 0 Å². The van der Waals surface area contributed by atoms with Crippen LogP contribution in [0.1, 0.15) is 69.8 Å². The van der Waals surface area contributed by atoms with Crippen molar-refractivity contribution >= 4 is 0 Å². The number of nitrogens with one attached hydrogen (secondary N) is 1. The number of aryl methyl sites for hydroxylation is 2. The summed E-state index contributed by atoms with van der Waals surface area (Å²) in [7, 11) is 2.11. The van der Waals surface area contributed by atoms with Crippen molar-refractivity contribution in [2.24, 2.45) is 0 Å². The molecule has 0 radical (unpaired) electrons. The summed E-state index contributed by atoms with van der Waals surface area (Å²) in [6, 6.07) is 3.42. The Bertz CT molecular complexity index is 383. The number of aromatic nitrogens is 2. The van der Waals surface area contributed by atoms with Gasteiger partial charge in [0, 0.05) is 11.7 Å². The fourth-order valence-electron chi connectivity index (χ4n) is 3.31. The van der Waals surface area contributed by atoms with E-state index in [9.17, 15) is 0 Å². The molecule has 0 saturated heterocycles. The lowest BCUT2D eigenvalue weighted by atomic mass is 9.92. The Hall–Kier alpha value is -0.830. The minimum absolute atomic E-state index is 0.542. The topological polar surface area (TPSA) is 29.9 Å². The van der Waals surface area contributed by atoms with Gasteiger partial charge in [0.05, 0.1) is 11.7 Å². The van der Waals surface area contributed by atoms with Crippen LogP contribution in [0.15, 0.2) is 6.07 Å². The molecule has 1 aliphatic rings. The Labute approximate surface area is 117 Å². The summed E-state index contributed by atoms with van der Waals surface area (Å²) < 4.78 is 2.34. The molecule has 0 aliphatic heterocycles. The molecular weight excluding hydrogens is 234 g/mol. The van der Waals surface area contributed by atoms with Crippen molar-refractivity contribution in [3.63, 3.8) is 0 Å². The van der Waals surface area contributed by atoms with Gasteiger partial charge in [0.15, 0.2) is 0 Å². The number of rotatable bonds is 4. The van der Waals surface area contributed by atoms with Gasteiger partial charge in [-0.1, -0.05) is 39.5 Å². The molecule has 1 saturated carbocycles. The molecule has 1 aromatic rings. The predicted molar refractivity (Wildman–Crippen MR) is 80.6 cm³/mol. The highest BCUT2D eigenvalue weighted by atomic mass is 15.3. The third-order valence-electron chi connectivity index (χ3n) is 4.50. The van der Waals surface area contributed by atoms with Crippen LogP contribution >= 0.6 is 0 Å². The van der Waals surface area contributed by atoms with Crippen LogP contribution in [0.2, 0.25) is 0 Å². The van der Waals surface area contributed by atoms with E-state index in [4.69, 9.17) is 5.10 Å². The molecule has 1 aromatic heterocycles. The van der Waals surface area contributed by atoms with E-state index < -0.39 is 0 Å². The first-order chi connectivity index (χ1) is 9.30. The van der Waals surface area contributed by atoms with Crippen molar-refractivity contribution < 1.29 is 0 Å². The van der Waals surface area contributed by atoms with Crippen LogP contribution in [-0.2, 0) is 12.8 Å². The molecule has 2 rings (SSSR count). The zero-order valence-corrected chi connectivity index (χ0v) is 12.8. The van der Waals surface area contributed by atoms with E-state index in [0.29, 0.717) is 12.1 Å². The normalized spacial score (nSPS) is 25.0.